The van der Waals surface area contributed by atoms with Crippen LogP contribution in [0.3, 0.4) is 0 Å². The first-order valence-electron chi connectivity index (χ1n) is 13.1. The zero-order chi connectivity index (χ0) is 33.9. The quantitative estimate of drug-likeness (QED) is 0.0989. The molecular formula is C25H19N10O11P. The molecule has 0 aliphatic carbocycles. The zero-order valence-electron chi connectivity index (χ0n) is 24.1. The SMILES string of the molecule is Cc1nccn1-c1cc2c(cc1[N+](=O)[O-])[nH]c(=O)c(=O)n2OP(C)(=O)On1c(=O)c(=O)[nH]c2cc([N+](=O)[O-])c(-n3ccnc3C)cc21. The van der Waals surface area contributed by atoms with Crippen LogP contribution in [-0.4, -0.2) is 55.0 Å². The summed E-state index contributed by atoms with van der Waals surface area (Å²) in [6, 6.07) is 4.11. The van der Waals surface area contributed by atoms with Gasteiger partial charge in [0, 0.05) is 36.9 Å². The third kappa shape index (κ3) is 5.15. The molecule has 4 heterocycles. The van der Waals surface area contributed by atoms with Crippen molar-refractivity contribution in [3.8, 4) is 11.4 Å². The summed E-state index contributed by atoms with van der Waals surface area (Å²) in [5.41, 5.74) is -7.79. The minimum Gasteiger partial charge on any atom is -0.319 e. The maximum atomic E-state index is 13.8. The largest absolute Gasteiger partial charge is 0.464 e. The standard InChI is InChI=1S/C25H19N10O11P/c1-12-26-4-6-30(12)18-10-16-14(8-20(18)34(40)41)28-22(36)24(38)32(16)45-47(3,44)46-33-17-11-19(31-7-5-27-13(31)2)21(35(42)43)9-15(17)29-23(37)25(33)39/h4-11H,1-3H3,(H,28,36)(H,29,37). The highest BCUT2D eigenvalue weighted by atomic mass is 31.2. The second kappa shape index (κ2) is 10.8. The van der Waals surface area contributed by atoms with Gasteiger partial charge in [-0.15, -0.1) is 9.46 Å². The maximum Gasteiger partial charge on any atom is 0.464 e. The van der Waals surface area contributed by atoms with Crippen LogP contribution in [0.25, 0.3) is 33.4 Å². The van der Waals surface area contributed by atoms with E-state index >= 15 is 0 Å². The number of nitrogens with one attached hydrogen (secondary N) is 2. The number of nitro groups is 2. The van der Waals surface area contributed by atoms with E-state index in [-0.39, 0.29) is 42.9 Å². The molecule has 2 N–H and O–H groups in total. The van der Waals surface area contributed by atoms with E-state index in [1.54, 1.807) is 13.8 Å². The average Bonchev–Trinajstić information content (AvgIpc) is 3.64. The molecule has 0 aliphatic heterocycles. The minimum absolute atomic E-state index is 0.103. The Morgan fingerprint density at radius 3 is 1.43 bits per heavy atom. The van der Waals surface area contributed by atoms with Crippen molar-refractivity contribution in [2.45, 2.75) is 13.8 Å². The summed E-state index contributed by atoms with van der Waals surface area (Å²) < 4.78 is 27.8. The van der Waals surface area contributed by atoms with E-state index < -0.39 is 51.1 Å². The van der Waals surface area contributed by atoms with Gasteiger partial charge in [-0.05, 0) is 26.0 Å². The molecule has 47 heavy (non-hydrogen) atoms. The summed E-state index contributed by atoms with van der Waals surface area (Å²) in [5, 5.41) is 23.8. The van der Waals surface area contributed by atoms with Crippen molar-refractivity contribution in [1.29, 1.82) is 0 Å². The number of fused-ring (bicyclic) bond motifs is 2. The van der Waals surface area contributed by atoms with Crippen molar-refractivity contribution in [1.82, 2.24) is 38.5 Å². The fraction of sp³-hybridized carbons (Fsp3) is 0.120. The molecule has 0 radical (unpaired) electrons. The Labute approximate surface area is 257 Å². The van der Waals surface area contributed by atoms with Gasteiger partial charge in [-0.25, -0.2) is 14.5 Å². The summed E-state index contributed by atoms with van der Waals surface area (Å²) in [5.74, 6) is 0.643. The lowest BCUT2D eigenvalue weighted by molar-refractivity contribution is -0.384. The molecule has 0 spiro atoms. The Morgan fingerprint density at radius 2 is 1.11 bits per heavy atom. The molecule has 240 valence electrons. The van der Waals surface area contributed by atoms with Crippen LogP contribution in [0.5, 0.6) is 0 Å². The van der Waals surface area contributed by atoms with E-state index in [9.17, 15) is 44.0 Å². The van der Waals surface area contributed by atoms with Gasteiger partial charge in [-0.2, -0.15) is 0 Å². The molecule has 21 nitrogen and oxygen atoms in total. The van der Waals surface area contributed by atoms with E-state index in [0.29, 0.717) is 11.6 Å². The third-order valence-corrected chi connectivity index (χ3v) is 7.82. The summed E-state index contributed by atoms with van der Waals surface area (Å²) >= 11 is 0. The van der Waals surface area contributed by atoms with Crippen LogP contribution >= 0.6 is 7.60 Å². The number of aromatic nitrogens is 8. The average molecular weight is 666 g/mol. The lowest BCUT2D eigenvalue weighted by Gasteiger charge is -2.19. The van der Waals surface area contributed by atoms with Gasteiger partial charge in [0.1, 0.15) is 34.1 Å². The van der Waals surface area contributed by atoms with Gasteiger partial charge in [0.25, 0.3) is 11.4 Å². The zero-order valence-corrected chi connectivity index (χ0v) is 25.0. The van der Waals surface area contributed by atoms with E-state index in [0.717, 1.165) is 30.9 Å². The number of hydrogen-bond acceptors (Lipinski definition) is 13. The van der Waals surface area contributed by atoms with Crippen molar-refractivity contribution in [3.63, 3.8) is 0 Å². The third-order valence-electron chi connectivity index (χ3n) is 6.90. The topological polar surface area (TPSA) is 267 Å². The lowest BCUT2D eigenvalue weighted by atomic mass is 10.2. The Hall–Kier alpha value is -6.63. The number of nitrogens with zero attached hydrogens (tertiary/aromatic N) is 8. The first-order chi connectivity index (χ1) is 22.2. The second-order valence-electron chi connectivity index (χ2n) is 9.96. The number of H-pyrrole nitrogens is 2. The van der Waals surface area contributed by atoms with Crippen LogP contribution in [0.2, 0.25) is 0 Å². The van der Waals surface area contributed by atoms with Gasteiger partial charge >= 0.3 is 29.8 Å². The van der Waals surface area contributed by atoms with Crippen LogP contribution in [0.1, 0.15) is 11.6 Å². The fourth-order valence-corrected chi connectivity index (χ4v) is 5.79. The van der Waals surface area contributed by atoms with Crippen molar-refractivity contribution in [2.75, 3.05) is 6.66 Å². The number of nitro benzene ring substituents is 2. The summed E-state index contributed by atoms with van der Waals surface area (Å²) in [6.45, 7) is 3.91. The molecule has 0 saturated carbocycles. The molecule has 4 aromatic heterocycles. The molecule has 0 atom stereocenters. The monoisotopic (exact) mass is 666 g/mol. The van der Waals surface area contributed by atoms with Crippen LogP contribution in [-0.2, 0) is 4.57 Å². The number of benzene rings is 2. The molecule has 0 bridgehead atoms. The summed E-state index contributed by atoms with van der Waals surface area (Å²) in [6.07, 6.45) is 5.54. The molecular weight excluding hydrogens is 647 g/mol. The van der Waals surface area contributed by atoms with E-state index in [1.807, 2.05) is 0 Å². The predicted molar refractivity (Wildman–Crippen MR) is 161 cm³/mol. The molecule has 0 fully saturated rings. The van der Waals surface area contributed by atoms with Gasteiger partial charge in [0.05, 0.1) is 27.5 Å². The number of hydrogen-bond donors (Lipinski definition) is 2. The van der Waals surface area contributed by atoms with E-state index in [1.165, 1.54) is 33.9 Å². The summed E-state index contributed by atoms with van der Waals surface area (Å²) in [7, 11) is -4.76. The van der Waals surface area contributed by atoms with Crippen molar-refractivity contribution in [3.05, 3.63) is 122 Å². The number of imidazole rings is 2. The number of aryl methyl sites for hydroxylation is 2. The van der Waals surface area contributed by atoms with Gasteiger partial charge in [0.2, 0.25) is 0 Å². The Bertz CT molecular complexity index is 2430. The molecule has 0 saturated heterocycles. The molecule has 22 heteroatoms. The van der Waals surface area contributed by atoms with Crippen molar-refractivity contribution < 1.29 is 23.7 Å². The normalized spacial score (nSPS) is 11.6. The van der Waals surface area contributed by atoms with Crippen LogP contribution in [0.15, 0.2) is 68.2 Å². The first-order valence-corrected chi connectivity index (χ1v) is 15.1. The summed E-state index contributed by atoms with van der Waals surface area (Å²) in [4.78, 5) is 85.9. The maximum absolute atomic E-state index is 13.8. The smallest absolute Gasteiger partial charge is 0.319 e. The fourth-order valence-electron chi connectivity index (χ4n) is 4.84. The molecule has 6 aromatic rings. The molecule has 6 rings (SSSR count). The second-order valence-corrected chi connectivity index (χ2v) is 11.8. The Balaban J connectivity index is 1.53. The molecule has 2 aromatic carbocycles. The number of aromatic amines is 2. The number of rotatable bonds is 8. The molecule has 0 aliphatic rings. The first kappa shape index (κ1) is 30.4. The lowest BCUT2D eigenvalue weighted by Crippen LogP contribution is -2.42. The predicted octanol–water partition coefficient (Wildman–Crippen LogP) is 0.878. The van der Waals surface area contributed by atoms with Crippen molar-refractivity contribution >= 4 is 41.0 Å². The highest BCUT2D eigenvalue weighted by molar-refractivity contribution is 7.53. The Kier molecular flexibility index (Phi) is 6.96. The molecule has 0 unspecified atom stereocenters. The highest BCUT2D eigenvalue weighted by Crippen LogP contribution is 2.38. The van der Waals surface area contributed by atoms with Gasteiger partial charge in [-0.3, -0.25) is 48.5 Å². The van der Waals surface area contributed by atoms with Gasteiger partial charge < -0.3 is 19.2 Å². The highest BCUT2D eigenvalue weighted by Gasteiger charge is 2.30. The van der Waals surface area contributed by atoms with E-state index in [4.69, 9.17) is 9.25 Å². The van der Waals surface area contributed by atoms with Crippen LogP contribution in [0, 0.1) is 34.1 Å². The van der Waals surface area contributed by atoms with Gasteiger partial charge in [0.15, 0.2) is 0 Å². The van der Waals surface area contributed by atoms with Crippen molar-refractivity contribution in [2.24, 2.45) is 0 Å². The van der Waals surface area contributed by atoms with E-state index in [2.05, 4.69) is 19.9 Å². The van der Waals surface area contributed by atoms with Crippen LogP contribution < -0.4 is 31.5 Å². The minimum atomic E-state index is -4.76. The van der Waals surface area contributed by atoms with Crippen LogP contribution in [0.4, 0.5) is 11.4 Å². The molecule has 0 amide bonds. The van der Waals surface area contributed by atoms with Gasteiger partial charge in [-0.1, -0.05) is 0 Å². The Morgan fingerprint density at radius 1 is 0.723 bits per heavy atom.